The Bertz CT molecular complexity index is 490. The maximum Gasteiger partial charge on any atom is 0.321 e. The van der Waals surface area contributed by atoms with Crippen molar-refractivity contribution in [2.75, 3.05) is 25.5 Å². The van der Waals surface area contributed by atoms with Gasteiger partial charge >= 0.3 is 6.03 Å². The van der Waals surface area contributed by atoms with Crippen molar-refractivity contribution in [2.24, 2.45) is 5.92 Å². The third-order valence-corrected chi connectivity index (χ3v) is 4.30. The van der Waals surface area contributed by atoms with Crippen LogP contribution in [0.3, 0.4) is 0 Å². The highest BCUT2D eigenvalue weighted by molar-refractivity contribution is 5.89. The summed E-state index contributed by atoms with van der Waals surface area (Å²) in [6.07, 6.45) is 4.74. The van der Waals surface area contributed by atoms with E-state index in [1.54, 1.807) is 11.9 Å². The molecule has 5 nitrogen and oxygen atoms in total. The molecule has 2 unspecified atom stereocenters. The molecule has 2 N–H and O–H groups in total. The van der Waals surface area contributed by atoms with Crippen molar-refractivity contribution in [3.63, 3.8) is 0 Å². The number of carbonyl (C=O) groups is 1. The van der Waals surface area contributed by atoms with Gasteiger partial charge in [0.15, 0.2) is 0 Å². The Hall–Kier alpha value is -1.75. The summed E-state index contributed by atoms with van der Waals surface area (Å²) in [7, 11) is 1.77. The molecule has 0 radical (unpaired) electrons. The van der Waals surface area contributed by atoms with Crippen molar-refractivity contribution >= 4 is 11.7 Å². The molecular formula is C18H28N2O3. The zero-order valence-electron chi connectivity index (χ0n) is 14.1. The summed E-state index contributed by atoms with van der Waals surface area (Å²) in [5.41, 5.74) is 0.745. The van der Waals surface area contributed by atoms with Crippen LogP contribution in [-0.4, -0.2) is 42.3 Å². The van der Waals surface area contributed by atoms with Crippen LogP contribution in [0.2, 0.25) is 0 Å². The van der Waals surface area contributed by atoms with E-state index in [1.165, 1.54) is 0 Å². The van der Waals surface area contributed by atoms with Crippen LogP contribution in [0.4, 0.5) is 10.5 Å². The third kappa shape index (κ3) is 5.43. The van der Waals surface area contributed by atoms with Gasteiger partial charge in [0.25, 0.3) is 0 Å². The van der Waals surface area contributed by atoms with E-state index >= 15 is 0 Å². The van der Waals surface area contributed by atoms with Crippen molar-refractivity contribution in [1.29, 1.82) is 0 Å². The summed E-state index contributed by atoms with van der Waals surface area (Å²) in [5.74, 6) is 0.993. The molecule has 1 fully saturated rings. The monoisotopic (exact) mass is 320 g/mol. The number of carbonyl (C=O) groups excluding carboxylic acids is 1. The van der Waals surface area contributed by atoms with E-state index in [4.69, 9.17) is 4.74 Å². The molecule has 0 spiro atoms. The second-order valence-corrected chi connectivity index (χ2v) is 6.30. The van der Waals surface area contributed by atoms with E-state index in [0.717, 1.165) is 43.5 Å². The van der Waals surface area contributed by atoms with Crippen LogP contribution in [0.5, 0.6) is 5.75 Å². The van der Waals surface area contributed by atoms with Gasteiger partial charge in [0, 0.05) is 25.2 Å². The number of hydrogen-bond donors (Lipinski definition) is 2. The van der Waals surface area contributed by atoms with E-state index in [0.29, 0.717) is 13.2 Å². The first kappa shape index (κ1) is 17.6. The molecule has 0 saturated heterocycles. The third-order valence-electron chi connectivity index (χ3n) is 4.30. The Balaban J connectivity index is 1.82. The molecule has 5 heteroatoms. The van der Waals surface area contributed by atoms with Gasteiger partial charge in [-0.2, -0.15) is 0 Å². The van der Waals surface area contributed by atoms with Gasteiger partial charge < -0.3 is 20.1 Å². The zero-order chi connectivity index (χ0) is 16.7. The summed E-state index contributed by atoms with van der Waals surface area (Å²) >= 11 is 0. The number of amides is 2. The Kier molecular flexibility index (Phi) is 6.71. The number of aliphatic hydroxyl groups is 1. The van der Waals surface area contributed by atoms with E-state index in [9.17, 15) is 9.90 Å². The van der Waals surface area contributed by atoms with Crippen molar-refractivity contribution in [2.45, 2.75) is 45.1 Å². The molecule has 0 aliphatic heterocycles. The summed E-state index contributed by atoms with van der Waals surface area (Å²) in [6.45, 7) is 3.34. The lowest BCUT2D eigenvalue weighted by atomic mass is 9.86. The molecule has 0 aromatic heterocycles. The van der Waals surface area contributed by atoms with Crippen LogP contribution in [0, 0.1) is 5.92 Å². The number of benzene rings is 1. The predicted octanol–water partition coefficient (Wildman–Crippen LogP) is 3.49. The zero-order valence-corrected chi connectivity index (χ0v) is 14.1. The Morgan fingerprint density at radius 3 is 2.65 bits per heavy atom. The Labute approximate surface area is 138 Å². The van der Waals surface area contributed by atoms with E-state index in [1.807, 2.05) is 24.3 Å². The highest BCUT2D eigenvalue weighted by atomic mass is 16.5. The molecule has 1 aromatic rings. The van der Waals surface area contributed by atoms with E-state index < -0.39 is 0 Å². The second kappa shape index (κ2) is 8.77. The Morgan fingerprint density at radius 2 is 2.00 bits per heavy atom. The van der Waals surface area contributed by atoms with Crippen LogP contribution in [0.1, 0.15) is 39.0 Å². The fraction of sp³-hybridized carbons (Fsp3) is 0.611. The van der Waals surface area contributed by atoms with Gasteiger partial charge in [0.2, 0.25) is 0 Å². The fourth-order valence-corrected chi connectivity index (χ4v) is 2.91. The molecule has 2 rings (SSSR count). The number of anilines is 1. The van der Waals surface area contributed by atoms with Gasteiger partial charge in [-0.3, -0.25) is 0 Å². The smallest absolute Gasteiger partial charge is 0.321 e. The van der Waals surface area contributed by atoms with Crippen molar-refractivity contribution in [3.05, 3.63) is 24.3 Å². The van der Waals surface area contributed by atoms with Gasteiger partial charge in [-0.05, 0) is 43.5 Å². The van der Waals surface area contributed by atoms with Crippen LogP contribution < -0.4 is 10.1 Å². The SMILES string of the molecule is CCCOc1ccc(NC(=O)N(C)CC2CCCCC2O)cc1. The normalized spacial score (nSPS) is 20.8. The minimum Gasteiger partial charge on any atom is -0.494 e. The molecule has 2 atom stereocenters. The average molecular weight is 320 g/mol. The predicted molar refractivity (Wildman–Crippen MR) is 91.8 cm³/mol. The van der Waals surface area contributed by atoms with Crippen LogP contribution >= 0.6 is 0 Å². The standard InChI is InChI=1S/C18H28N2O3/c1-3-12-23-16-10-8-15(9-11-16)19-18(22)20(2)13-14-6-4-5-7-17(14)21/h8-11,14,17,21H,3-7,12-13H2,1-2H3,(H,19,22). The fourth-order valence-electron chi connectivity index (χ4n) is 2.91. The average Bonchev–Trinajstić information content (AvgIpc) is 2.56. The molecule has 128 valence electrons. The molecule has 1 saturated carbocycles. The summed E-state index contributed by atoms with van der Waals surface area (Å²) in [4.78, 5) is 13.9. The topological polar surface area (TPSA) is 61.8 Å². The number of nitrogens with one attached hydrogen (secondary N) is 1. The maximum absolute atomic E-state index is 12.3. The number of nitrogens with zero attached hydrogens (tertiary/aromatic N) is 1. The van der Waals surface area contributed by atoms with Crippen molar-refractivity contribution < 1.29 is 14.6 Å². The highest BCUT2D eigenvalue weighted by Crippen LogP contribution is 2.25. The maximum atomic E-state index is 12.3. The number of urea groups is 1. The molecule has 0 heterocycles. The molecule has 1 aromatic carbocycles. The molecule has 1 aliphatic carbocycles. The number of hydrogen-bond acceptors (Lipinski definition) is 3. The van der Waals surface area contributed by atoms with Crippen molar-refractivity contribution in [1.82, 2.24) is 4.90 Å². The van der Waals surface area contributed by atoms with E-state index in [2.05, 4.69) is 12.2 Å². The number of rotatable bonds is 6. The Morgan fingerprint density at radius 1 is 1.30 bits per heavy atom. The summed E-state index contributed by atoms with van der Waals surface area (Å²) in [5, 5.41) is 12.9. The van der Waals surface area contributed by atoms with E-state index in [-0.39, 0.29) is 18.1 Å². The van der Waals surface area contributed by atoms with Gasteiger partial charge in [0.05, 0.1) is 12.7 Å². The molecule has 2 amide bonds. The van der Waals surface area contributed by atoms with Crippen LogP contribution in [0.25, 0.3) is 0 Å². The highest BCUT2D eigenvalue weighted by Gasteiger charge is 2.25. The first-order valence-electron chi connectivity index (χ1n) is 8.53. The molecule has 1 aliphatic rings. The first-order valence-corrected chi connectivity index (χ1v) is 8.53. The second-order valence-electron chi connectivity index (χ2n) is 6.30. The summed E-state index contributed by atoms with van der Waals surface area (Å²) in [6, 6.07) is 7.25. The number of aliphatic hydroxyl groups excluding tert-OH is 1. The van der Waals surface area contributed by atoms with Crippen molar-refractivity contribution in [3.8, 4) is 5.75 Å². The van der Waals surface area contributed by atoms with Gasteiger partial charge in [-0.1, -0.05) is 19.8 Å². The molecule has 23 heavy (non-hydrogen) atoms. The lowest BCUT2D eigenvalue weighted by Crippen LogP contribution is -2.40. The van der Waals surface area contributed by atoms with Crippen LogP contribution in [0.15, 0.2) is 24.3 Å². The largest absolute Gasteiger partial charge is 0.494 e. The van der Waals surface area contributed by atoms with Gasteiger partial charge in [-0.25, -0.2) is 4.79 Å². The minimum absolute atomic E-state index is 0.148. The molecular weight excluding hydrogens is 292 g/mol. The number of ether oxygens (including phenoxy) is 1. The van der Waals surface area contributed by atoms with Gasteiger partial charge in [0.1, 0.15) is 5.75 Å². The molecule has 0 bridgehead atoms. The lowest BCUT2D eigenvalue weighted by molar-refractivity contribution is 0.0575. The lowest BCUT2D eigenvalue weighted by Gasteiger charge is -2.31. The minimum atomic E-state index is -0.283. The van der Waals surface area contributed by atoms with Gasteiger partial charge in [-0.15, -0.1) is 0 Å². The summed E-state index contributed by atoms with van der Waals surface area (Å²) < 4.78 is 5.52. The first-order chi connectivity index (χ1) is 11.1. The quantitative estimate of drug-likeness (QED) is 0.843. The van der Waals surface area contributed by atoms with Crippen LogP contribution in [-0.2, 0) is 0 Å².